The SMILES string of the molecule is C1CC1.C1CCC1.C1CCCC1.C1CCCCC1.C1CCCCCC1.C1CCCCCCC1.CC.CC.CC.CC.CC.CC.CC.CC.CC.CC.CC.CC. The van der Waals surface area contributed by atoms with Crippen molar-refractivity contribution >= 4 is 0 Å². The molecule has 0 nitrogen and oxygen atoms in total. The molecule has 0 amide bonds. The zero-order valence-corrected chi connectivity index (χ0v) is 47.3. The van der Waals surface area contributed by atoms with Crippen molar-refractivity contribution in [3.05, 3.63) is 0 Å². The molecule has 0 heteroatoms. The standard InChI is InChI=1S/C8H16.C7H14.C6H12.C5H10.C4H8.C3H6.12C2H6/c1-2-4-6-8-7-5-3-1;1-2-4-6-7-5-3-1;1-2-4-6-5-3-1;1-2-4-5-3-1;1-2-4-3-1;1-2-3-1;12*1-2/h1-8H2;1-7H2;1-6H2;1-5H2;1-4H2;1-3H2;12*1-2H3. The normalized spacial score (nSPS) is 15.2. The minimum Gasteiger partial charge on any atom is -0.0683 e. The third-order valence-electron chi connectivity index (χ3n) is 7.85. The van der Waals surface area contributed by atoms with Gasteiger partial charge in [0, 0.05) is 0 Å². The Labute approximate surface area is 376 Å². The Kier molecular flexibility index (Phi) is 241. The van der Waals surface area contributed by atoms with Gasteiger partial charge in [0.25, 0.3) is 0 Å². The van der Waals surface area contributed by atoms with Crippen LogP contribution in [0.15, 0.2) is 0 Å². The molecular weight excluding hydrogens is 685 g/mol. The Morgan fingerprint density at radius 1 is 0.0702 bits per heavy atom. The topological polar surface area (TPSA) is 0 Å². The van der Waals surface area contributed by atoms with Gasteiger partial charge in [-0.1, -0.05) is 378 Å². The summed E-state index contributed by atoms with van der Waals surface area (Å²) in [6.45, 7) is 48.0. The second kappa shape index (κ2) is 156. The lowest BCUT2D eigenvalue weighted by atomic mass is 10.0. The summed E-state index contributed by atoms with van der Waals surface area (Å²) in [7, 11) is 0. The summed E-state index contributed by atoms with van der Waals surface area (Å²) in [6, 6.07) is 0. The van der Waals surface area contributed by atoms with Crippen LogP contribution in [0.2, 0.25) is 0 Å². The highest BCUT2D eigenvalue weighted by molar-refractivity contribution is 4.53. The summed E-state index contributed by atoms with van der Waals surface area (Å²) < 4.78 is 0. The van der Waals surface area contributed by atoms with Crippen LogP contribution in [0.5, 0.6) is 0 Å². The van der Waals surface area contributed by atoms with Gasteiger partial charge in [-0.3, -0.25) is 0 Å². The van der Waals surface area contributed by atoms with Gasteiger partial charge < -0.3 is 0 Å². The molecule has 0 bridgehead atoms. The van der Waals surface area contributed by atoms with Crippen molar-refractivity contribution in [2.75, 3.05) is 0 Å². The summed E-state index contributed by atoms with van der Waals surface area (Å²) in [4.78, 5) is 0. The van der Waals surface area contributed by atoms with E-state index in [1.54, 1.807) is 0 Å². The lowest BCUT2D eigenvalue weighted by molar-refractivity contribution is 0.504. The van der Waals surface area contributed by atoms with Gasteiger partial charge in [0.15, 0.2) is 0 Å². The second-order valence-corrected chi connectivity index (χ2v) is 11.7. The summed E-state index contributed by atoms with van der Waals surface area (Å²) in [5.41, 5.74) is 0. The predicted octanol–water partition coefficient (Wildman–Crippen LogP) is 25.2. The van der Waals surface area contributed by atoms with E-state index in [-0.39, 0.29) is 0 Å². The fourth-order valence-electron chi connectivity index (χ4n) is 4.85. The average molecular weight is 824 g/mol. The lowest BCUT2D eigenvalue weighted by Gasteiger charge is -2.05. The van der Waals surface area contributed by atoms with Gasteiger partial charge in [0.05, 0.1) is 0 Å². The van der Waals surface area contributed by atoms with Crippen LogP contribution in [0.25, 0.3) is 0 Å². The first-order chi connectivity index (χ1) is 28.5. The molecular formula is C57H138. The van der Waals surface area contributed by atoms with E-state index < -0.39 is 0 Å². The summed E-state index contributed by atoms with van der Waals surface area (Å²) in [6.07, 6.45) is 49.5. The molecule has 57 heavy (non-hydrogen) atoms. The maximum Gasteiger partial charge on any atom is -0.0533 e. The highest BCUT2D eigenvalue weighted by Gasteiger charge is 1.98. The molecule has 0 aromatic heterocycles. The minimum absolute atomic E-state index is 1.50. The Hall–Kier alpha value is 0. The van der Waals surface area contributed by atoms with Crippen LogP contribution in [0.3, 0.4) is 0 Å². The van der Waals surface area contributed by atoms with Crippen LogP contribution in [-0.4, -0.2) is 0 Å². The Bertz CT molecular complexity index is 249. The van der Waals surface area contributed by atoms with Crippen molar-refractivity contribution in [1.29, 1.82) is 0 Å². The first-order valence-corrected chi connectivity index (χ1v) is 28.5. The number of rotatable bonds is 0. The molecule has 0 aliphatic heterocycles. The van der Waals surface area contributed by atoms with E-state index in [0.717, 1.165) is 0 Å². The molecule has 366 valence electrons. The molecule has 0 heterocycles. The molecule has 0 radical (unpaired) electrons. The zero-order valence-electron chi connectivity index (χ0n) is 47.3. The van der Waals surface area contributed by atoms with Crippen LogP contribution in [0.1, 0.15) is 378 Å². The van der Waals surface area contributed by atoms with E-state index in [9.17, 15) is 0 Å². The molecule has 0 aromatic rings. The van der Waals surface area contributed by atoms with Crippen LogP contribution in [-0.2, 0) is 0 Å². The highest BCUT2D eigenvalue weighted by Crippen LogP contribution is 2.17. The van der Waals surface area contributed by atoms with Gasteiger partial charge in [-0.25, -0.2) is 0 Å². The van der Waals surface area contributed by atoms with E-state index in [4.69, 9.17) is 0 Å². The van der Waals surface area contributed by atoms with Crippen molar-refractivity contribution in [1.82, 2.24) is 0 Å². The van der Waals surface area contributed by atoms with E-state index >= 15 is 0 Å². The maximum atomic E-state index is 2.00. The molecule has 0 saturated heterocycles. The van der Waals surface area contributed by atoms with Crippen molar-refractivity contribution in [2.24, 2.45) is 0 Å². The third-order valence-corrected chi connectivity index (χ3v) is 7.85. The molecule has 0 N–H and O–H groups in total. The number of hydrogen-bond donors (Lipinski definition) is 0. The van der Waals surface area contributed by atoms with E-state index in [2.05, 4.69) is 0 Å². The van der Waals surface area contributed by atoms with E-state index in [1.165, 1.54) is 212 Å². The van der Waals surface area contributed by atoms with Gasteiger partial charge in [-0.05, 0) is 0 Å². The van der Waals surface area contributed by atoms with Gasteiger partial charge in [-0.2, -0.15) is 0 Å². The maximum absolute atomic E-state index is 2.00. The lowest BCUT2D eigenvalue weighted by Crippen LogP contribution is -1.85. The van der Waals surface area contributed by atoms with Gasteiger partial charge in [-0.15, -0.1) is 0 Å². The van der Waals surface area contributed by atoms with Crippen molar-refractivity contribution in [3.8, 4) is 0 Å². The molecule has 0 atom stereocenters. The largest absolute Gasteiger partial charge is 0.0683 e. The smallest absolute Gasteiger partial charge is 0.0533 e. The summed E-state index contributed by atoms with van der Waals surface area (Å²) >= 11 is 0. The first kappa shape index (κ1) is 88.3. The van der Waals surface area contributed by atoms with Crippen molar-refractivity contribution in [3.63, 3.8) is 0 Å². The van der Waals surface area contributed by atoms with Crippen LogP contribution >= 0.6 is 0 Å². The zero-order chi connectivity index (χ0) is 47.3. The predicted molar refractivity (Wildman–Crippen MR) is 289 cm³/mol. The molecule has 6 saturated carbocycles. The Morgan fingerprint density at radius 3 is 0.105 bits per heavy atom. The second-order valence-electron chi connectivity index (χ2n) is 11.7. The Balaban J connectivity index is -0.0000000390. The van der Waals surface area contributed by atoms with Crippen LogP contribution in [0, 0.1) is 0 Å². The average Bonchev–Trinajstić information content (AvgIpc) is 4.15. The summed E-state index contributed by atoms with van der Waals surface area (Å²) in [5, 5.41) is 0. The van der Waals surface area contributed by atoms with Crippen molar-refractivity contribution < 1.29 is 0 Å². The molecule has 6 aliphatic carbocycles. The quantitative estimate of drug-likeness (QED) is 0.214. The van der Waals surface area contributed by atoms with E-state index in [1.807, 2.05) is 166 Å². The van der Waals surface area contributed by atoms with Crippen molar-refractivity contribution in [2.45, 2.75) is 378 Å². The fraction of sp³-hybridized carbons (Fsp3) is 1.00. The fourth-order valence-corrected chi connectivity index (χ4v) is 4.85. The molecule has 6 aliphatic rings. The molecule has 0 spiro atoms. The monoisotopic (exact) mass is 823 g/mol. The summed E-state index contributed by atoms with van der Waals surface area (Å²) in [5.74, 6) is 0. The molecule has 0 aromatic carbocycles. The highest BCUT2D eigenvalue weighted by atomic mass is 14.0. The van der Waals surface area contributed by atoms with Gasteiger partial charge in [0.1, 0.15) is 0 Å². The minimum atomic E-state index is 1.50. The van der Waals surface area contributed by atoms with Crippen LogP contribution < -0.4 is 0 Å². The van der Waals surface area contributed by atoms with Crippen LogP contribution in [0.4, 0.5) is 0 Å². The van der Waals surface area contributed by atoms with E-state index in [0.29, 0.717) is 0 Å². The molecule has 0 unspecified atom stereocenters. The van der Waals surface area contributed by atoms with Gasteiger partial charge in [0.2, 0.25) is 0 Å². The molecule has 6 fully saturated rings. The van der Waals surface area contributed by atoms with Gasteiger partial charge >= 0.3 is 0 Å². The third kappa shape index (κ3) is 170. The Morgan fingerprint density at radius 2 is 0.0877 bits per heavy atom. The molecule has 6 rings (SSSR count). The first-order valence-electron chi connectivity index (χ1n) is 28.5. The number of hydrogen-bond acceptors (Lipinski definition) is 0.